The van der Waals surface area contributed by atoms with Crippen LogP contribution in [-0.2, 0) is 0 Å². The monoisotopic (exact) mass is 254 g/mol. The molecule has 1 rings (SSSR count). The number of nitrogens with one attached hydrogen (secondary N) is 1. The lowest BCUT2D eigenvalue weighted by atomic mass is 10.00. The highest BCUT2D eigenvalue weighted by atomic mass is 15.2. The summed E-state index contributed by atoms with van der Waals surface area (Å²) in [5.74, 6) is 0.749. The normalized spacial score (nSPS) is 24.2. The van der Waals surface area contributed by atoms with Crippen LogP contribution in [0.25, 0.3) is 0 Å². The molecule has 2 atom stereocenters. The van der Waals surface area contributed by atoms with Gasteiger partial charge in [0, 0.05) is 18.6 Å². The molecule has 1 fully saturated rings. The van der Waals surface area contributed by atoms with Crippen LogP contribution >= 0.6 is 0 Å². The van der Waals surface area contributed by atoms with E-state index >= 15 is 0 Å². The molecule has 0 radical (unpaired) electrons. The molecule has 2 nitrogen and oxygen atoms in total. The molecule has 0 bridgehead atoms. The molecule has 2 heteroatoms. The van der Waals surface area contributed by atoms with Crippen LogP contribution in [0, 0.1) is 5.92 Å². The molecule has 18 heavy (non-hydrogen) atoms. The first-order valence-corrected chi connectivity index (χ1v) is 8.16. The molecule has 0 saturated carbocycles. The summed E-state index contributed by atoms with van der Waals surface area (Å²) in [7, 11) is 0. The first-order chi connectivity index (χ1) is 8.69. The lowest BCUT2D eigenvalue weighted by Gasteiger charge is -2.33. The zero-order chi connectivity index (χ0) is 13.4. The molecule has 1 saturated heterocycles. The Morgan fingerprint density at radius 2 is 1.94 bits per heavy atom. The Labute approximate surface area is 115 Å². The minimum absolute atomic E-state index is 0.688. The van der Waals surface area contributed by atoms with Crippen molar-refractivity contribution in [2.45, 2.75) is 78.3 Å². The first kappa shape index (κ1) is 16.0. The topological polar surface area (TPSA) is 15.3 Å². The molecule has 1 heterocycles. The summed E-state index contributed by atoms with van der Waals surface area (Å²) in [6, 6.07) is 1.52. The number of hydrogen-bond donors (Lipinski definition) is 1. The van der Waals surface area contributed by atoms with Gasteiger partial charge in [0.05, 0.1) is 0 Å². The Balaban J connectivity index is 2.56. The average Bonchev–Trinajstić information content (AvgIpc) is 2.60. The summed E-state index contributed by atoms with van der Waals surface area (Å²) in [5.41, 5.74) is 0. The molecule has 1 aliphatic heterocycles. The molecular formula is C16H34N2. The molecule has 0 aliphatic carbocycles. The molecule has 2 unspecified atom stereocenters. The SMILES string of the molecule is CCCCC(CCC)N1CCCNC(C(C)C)C1. The van der Waals surface area contributed by atoms with Crippen molar-refractivity contribution in [2.24, 2.45) is 5.92 Å². The molecule has 0 aromatic heterocycles. The predicted octanol–water partition coefficient (Wildman–Crippen LogP) is 3.67. The van der Waals surface area contributed by atoms with E-state index in [1.807, 2.05) is 0 Å². The number of rotatable bonds is 7. The third-order valence-corrected chi connectivity index (χ3v) is 4.29. The van der Waals surface area contributed by atoms with E-state index in [0.29, 0.717) is 6.04 Å². The number of nitrogens with zero attached hydrogens (tertiary/aromatic N) is 1. The van der Waals surface area contributed by atoms with Gasteiger partial charge in [0.1, 0.15) is 0 Å². The molecule has 0 aromatic rings. The van der Waals surface area contributed by atoms with Crippen LogP contribution in [0.5, 0.6) is 0 Å². The Kier molecular flexibility index (Phi) is 7.92. The Morgan fingerprint density at radius 1 is 1.17 bits per heavy atom. The highest BCUT2D eigenvalue weighted by Crippen LogP contribution is 2.18. The van der Waals surface area contributed by atoms with E-state index in [-0.39, 0.29) is 0 Å². The van der Waals surface area contributed by atoms with Gasteiger partial charge in [-0.15, -0.1) is 0 Å². The van der Waals surface area contributed by atoms with E-state index in [2.05, 4.69) is 37.9 Å². The van der Waals surface area contributed by atoms with Gasteiger partial charge < -0.3 is 5.32 Å². The number of unbranched alkanes of at least 4 members (excludes halogenated alkanes) is 1. The van der Waals surface area contributed by atoms with Gasteiger partial charge in [-0.25, -0.2) is 0 Å². The zero-order valence-corrected chi connectivity index (χ0v) is 13.0. The van der Waals surface area contributed by atoms with Crippen LogP contribution in [-0.4, -0.2) is 36.6 Å². The fraction of sp³-hybridized carbons (Fsp3) is 1.00. The molecule has 0 amide bonds. The van der Waals surface area contributed by atoms with Gasteiger partial charge in [-0.2, -0.15) is 0 Å². The number of hydrogen-bond acceptors (Lipinski definition) is 2. The van der Waals surface area contributed by atoms with Gasteiger partial charge in [0.2, 0.25) is 0 Å². The zero-order valence-electron chi connectivity index (χ0n) is 13.0. The van der Waals surface area contributed by atoms with Crippen molar-refractivity contribution < 1.29 is 0 Å². The van der Waals surface area contributed by atoms with Crippen molar-refractivity contribution in [1.82, 2.24) is 10.2 Å². The second kappa shape index (κ2) is 8.92. The van der Waals surface area contributed by atoms with Crippen LogP contribution in [0.15, 0.2) is 0 Å². The fourth-order valence-electron chi connectivity index (χ4n) is 3.04. The van der Waals surface area contributed by atoms with Crippen LogP contribution in [0.4, 0.5) is 0 Å². The van der Waals surface area contributed by atoms with Gasteiger partial charge in [0.25, 0.3) is 0 Å². The molecule has 1 N–H and O–H groups in total. The second-order valence-corrected chi connectivity index (χ2v) is 6.24. The van der Waals surface area contributed by atoms with Crippen LogP contribution < -0.4 is 5.32 Å². The van der Waals surface area contributed by atoms with Crippen molar-refractivity contribution in [1.29, 1.82) is 0 Å². The summed E-state index contributed by atoms with van der Waals surface area (Å²) in [6.07, 6.45) is 8.14. The maximum absolute atomic E-state index is 3.72. The minimum atomic E-state index is 0.688. The largest absolute Gasteiger partial charge is 0.312 e. The third-order valence-electron chi connectivity index (χ3n) is 4.29. The lowest BCUT2D eigenvalue weighted by molar-refractivity contribution is 0.160. The Morgan fingerprint density at radius 3 is 2.56 bits per heavy atom. The average molecular weight is 254 g/mol. The summed E-state index contributed by atoms with van der Waals surface area (Å²) in [5, 5.41) is 3.72. The highest BCUT2D eigenvalue weighted by Gasteiger charge is 2.24. The highest BCUT2D eigenvalue weighted by molar-refractivity contribution is 4.82. The predicted molar refractivity (Wildman–Crippen MR) is 81.0 cm³/mol. The van der Waals surface area contributed by atoms with Crippen LogP contribution in [0.3, 0.4) is 0 Å². The van der Waals surface area contributed by atoms with Crippen molar-refractivity contribution in [2.75, 3.05) is 19.6 Å². The van der Waals surface area contributed by atoms with Gasteiger partial charge in [0.15, 0.2) is 0 Å². The van der Waals surface area contributed by atoms with E-state index in [9.17, 15) is 0 Å². The maximum atomic E-state index is 3.72. The Hall–Kier alpha value is -0.0800. The van der Waals surface area contributed by atoms with E-state index < -0.39 is 0 Å². The van der Waals surface area contributed by atoms with Gasteiger partial charge in [-0.05, 0) is 38.3 Å². The standard InChI is InChI=1S/C16H34N2/c1-5-7-10-15(9-6-2)18-12-8-11-17-16(13-18)14(3)4/h14-17H,5-13H2,1-4H3. The first-order valence-electron chi connectivity index (χ1n) is 8.16. The molecule has 108 valence electrons. The summed E-state index contributed by atoms with van der Waals surface area (Å²) in [4.78, 5) is 2.78. The fourth-order valence-corrected chi connectivity index (χ4v) is 3.04. The van der Waals surface area contributed by atoms with Crippen molar-refractivity contribution in [3.8, 4) is 0 Å². The van der Waals surface area contributed by atoms with Crippen LogP contribution in [0.1, 0.15) is 66.2 Å². The van der Waals surface area contributed by atoms with Gasteiger partial charge >= 0.3 is 0 Å². The van der Waals surface area contributed by atoms with Crippen molar-refractivity contribution in [3.63, 3.8) is 0 Å². The third kappa shape index (κ3) is 5.27. The van der Waals surface area contributed by atoms with E-state index in [1.54, 1.807) is 0 Å². The maximum Gasteiger partial charge on any atom is 0.0218 e. The summed E-state index contributed by atoms with van der Waals surface area (Å²) < 4.78 is 0. The minimum Gasteiger partial charge on any atom is -0.312 e. The van der Waals surface area contributed by atoms with Gasteiger partial charge in [-0.3, -0.25) is 4.90 Å². The van der Waals surface area contributed by atoms with Crippen molar-refractivity contribution >= 4 is 0 Å². The summed E-state index contributed by atoms with van der Waals surface area (Å²) >= 11 is 0. The molecule has 0 aromatic carbocycles. The summed E-state index contributed by atoms with van der Waals surface area (Å²) in [6.45, 7) is 13.1. The molecule has 0 spiro atoms. The smallest absolute Gasteiger partial charge is 0.0218 e. The van der Waals surface area contributed by atoms with E-state index in [0.717, 1.165) is 12.0 Å². The Bertz CT molecular complexity index is 203. The molecular weight excluding hydrogens is 220 g/mol. The molecule has 1 aliphatic rings. The van der Waals surface area contributed by atoms with Crippen LogP contribution in [0.2, 0.25) is 0 Å². The quantitative estimate of drug-likeness (QED) is 0.746. The van der Waals surface area contributed by atoms with E-state index in [1.165, 1.54) is 58.2 Å². The van der Waals surface area contributed by atoms with Gasteiger partial charge in [-0.1, -0.05) is 47.0 Å². The second-order valence-electron chi connectivity index (χ2n) is 6.24. The van der Waals surface area contributed by atoms with Crippen molar-refractivity contribution in [3.05, 3.63) is 0 Å². The lowest BCUT2D eigenvalue weighted by Crippen LogP contribution is -2.45. The van der Waals surface area contributed by atoms with E-state index in [4.69, 9.17) is 0 Å².